The molecule has 0 aliphatic rings. The van der Waals surface area contributed by atoms with E-state index < -0.39 is 11.7 Å². The molecular formula is C12H16FN3O2. The fraction of sp³-hybridized carbons (Fsp3) is 0.333. The van der Waals surface area contributed by atoms with Crippen molar-refractivity contribution in [1.29, 1.82) is 0 Å². The van der Waals surface area contributed by atoms with E-state index in [9.17, 15) is 14.0 Å². The van der Waals surface area contributed by atoms with Gasteiger partial charge in [-0.05, 0) is 18.2 Å². The van der Waals surface area contributed by atoms with Crippen molar-refractivity contribution in [2.45, 2.75) is 13.0 Å². The van der Waals surface area contributed by atoms with E-state index in [1.54, 1.807) is 7.05 Å². The highest BCUT2D eigenvalue weighted by Crippen LogP contribution is 2.10. The quantitative estimate of drug-likeness (QED) is 0.631. The Morgan fingerprint density at radius 2 is 2.11 bits per heavy atom. The van der Waals surface area contributed by atoms with Crippen molar-refractivity contribution < 1.29 is 14.0 Å². The number of nitrogens with two attached hydrogens (primary N) is 1. The number of hydrogen-bond donors (Lipinski definition) is 3. The van der Waals surface area contributed by atoms with Gasteiger partial charge >= 0.3 is 0 Å². The summed E-state index contributed by atoms with van der Waals surface area (Å²) in [6, 6.07) is 3.95. The minimum atomic E-state index is -0.596. The molecule has 18 heavy (non-hydrogen) atoms. The summed E-state index contributed by atoms with van der Waals surface area (Å²) in [6.07, 6.45) is 0.313. The van der Waals surface area contributed by atoms with Crippen LogP contribution in [0.3, 0.4) is 0 Å². The summed E-state index contributed by atoms with van der Waals surface area (Å²) in [5, 5.41) is 5.41. The molecule has 0 atom stereocenters. The van der Waals surface area contributed by atoms with Crippen molar-refractivity contribution in [2.75, 3.05) is 13.6 Å². The van der Waals surface area contributed by atoms with Gasteiger partial charge in [-0.1, -0.05) is 0 Å². The summed E-state index contributed by atoms with van der Waals surface area (Å²) in [6.45, 7) is 0.670. The third kappa shape index (κ3) is 4.14. The minimum Gasteiger partial charge on any atom is -0.366 e. The Labute approximate surface area is 105 Å². The van der Waals surface area contributed by atoms with Crippen LogP contribution in [0.4, 0.5) is 4.39 Å². The van der Waals surface area contributed by atoms with Gasteiger partial charge in [-0.2, -0.15) is 0 Å². The fourth-order valence-electron chi connectivity index (χ4n) is 1.41. The number of primary amides is 1. The second-order valence-corrected chi connectivity index (χ2v) is 3.77. The maximum Gasteiger partial charge on any atom is 0.248 e. The Hall–Kier alpha value is -1.95. The van der Waals surface area contributed by atoms with Crippen molar-refractivity contribution in [1.82, 2.24) is 10.6 Å². The Kier molecular flexibility index (Phi) is 5.26. The summed E-state index contributed by atoms with van der Waals surface area (Å²) in [4.78, 5) is 21.9. The maximum absolute atomic E-state index is 13.4. The zero-order valence-corrected chi connectivity index (χ0v) is 10.1. The van der Waals surface area contributed by atoms with Crippen molar-refractivity contribution in [3.8, 4) is 0 Å². The number of benzene rings is 1. The standard InChI is InChI=1S/C12H16FN3O2/c1-15-11(17)4-5-16-7-9-6-8(12(14)18)2-3-10(9)13/h2-3,6,16H,4-5,7H2,1H3,(H2,14,18)(H,15,17). The number of rotatable bonds is 6. The summed E-state index contributed by atoms with van der Waals surface area (Å²) in [5.74, 6) is -1.09. The third-order valence-electron chi connectivity index (χ3n) is 2.45. The van der Waals surface area contributed by atoms with Crippen molar-refractivity contribution in [2.24, 2.45) is 5.73 Å². The number of carbonyl (C=O) groups is 2. The monoisotopic (exact) mass is 253 g/mol. The molecule has 1 rings (SSSR count). The fourth-order valence-corrected chi connectivity index (χ4v) is 1.41. The SMILES string of the molecule is CNC(=O)CCNCc1cc(C(N)=O)ccc1F. The van der Waals surface area contributed by atoms with E-state index in [1.165, 1.54) is 18.2 Å². The van der Waals surface area contributed by atoms with Crippen LogP contribution >= 0.6 is 0 Å². The topological polar surface area (TPSA) is 84.2 Å². The van der Waals surface area contributed by atoms with E-state index in [0.717, 1.165) is 0 Å². The molecule has 0 aliphatic heterocycles. The van der Waals surface area contributed by atoms with Gasteiger partial charge in [0.1, 0.15) is 5.82 Å². The van der Waals surface area contributed by atoms with Crippen LogP contribution in [0.25, 0.3) is 0 Å². The van der Waals surface area contributed by atoms with Crippen LogP contribution in [0.1, 0.15) is 22.3 Å². The molecule has 98 valence electrons. The highest BCUT2D eigenvalue weighted by molar-refractivity contribution is 5.92. The van der Waals surface area contributed by atoms with Crippen LogP contribution in [0, 0.1) is 5.82 Å². The lowest BCUT2D eigenvalue weighted by Gasteiger charge is -2.07. The zero-order valence-electron chi connectivity index (χ0n) is 10.1. The molecule has 4 N–H and O–H groups in total. The molecule has 1 aromatic rings. The predicted molar refractivity (Wildman–Crippen MR) is 65.3 cm³/mol. The zero-order chi connectivity index (χ0) is 13.5. The number of carbonyl (C=O) groups excluding carboxylic acids is 2. The number of hydrogen-bond acceptors (Lipinski definition) is 3. The summed E-state index contributed by atoms with van der Waals surface area (Å²) in [5.41, 5.74) is 5.72. The summed E-state index contributed by atoms with van der Waals surface area (Å²) >= 11 is 0. The van der Waals surface area contributed by atoms with Gasteiger partial charge in [0.25, 0.3) is 0 Å². The van der Waals surface area contributed by atoms with E-state index in [1.807, 2.05) is 0 Å². The maximum atomic E-state index is 13.4. The van der Waals surface area contributed by atoms with Gasteiger partial charge in [-0.3, -0.25) is 9.59 Å². The van der Waals surface area contributed by atoms with E-state index >= 15 is 0 Å². The van der Waals surface area contributed by atoms with Gasteiger partial charge in [0.2, 0.25) is 11.8 Å². The van der Waals surface area contributed by atoms with Crippen LogP contribution < -0.4 is 16.4 Å². The normalized spacial score (nSPS) is 10.1. The second kappa shape index (κ2) is 6.70. The lowest BCUT2D eigenvalue weighted by atomic mass is 10.1. The van der Waals surface area contributed by atoms with Gasteiger partial charge in [-0.25, -0.2) is 4.39 Å². The predicted octanol–water partition coefficient (Wildman–Crippen LogP) is 0.150. The Morgan fingerprint density at radius 3 is 2.72 bits per heavy atom. The molecule has 0 bridgehead atoms. The molecule has 5 nitrogen and oxygen atoms in total. The second-order valence-electron chi connectivity index (χ2n) is 3.77. The molecule has 0 spiro atoms. The van der Waals surface area contributed by atoms with Gasteiger partial charge in [0.15, 0.2) is 0 Å². The molecule has 0 fully saturated rings. The van der Waals surface area contributed by atoms with Gasteiger partial charge in [-0.15, -0.1) is 0 Å². The van der Waals surface area contributed by atoms with Crippen molar-refractivity contribution >= 4 is 11.8 Å². The van der Waals surface area contributed by atoms with Crippen LogP contribution in [0.2, 0.25) is 0 Å². The Morgan fingerprint density at radius 1 is 1.39 bits per heavy atom. The molecule has 0 unspecified atom stereocenters. The summed E-state index contributed by atoms with van der Waals surface area (Å²) in [7, 11) is 1.55. The first kappa shape index (κ1) is 14.1. The first-order valence-corrected chi connectivity index (χ1v) is 5.54. The van der Waals surface area contributed by atoms with Crippen molar-refractivity contribution in [3.63, 3.8) is 0 Å². The lowest BCUT2D eigenvalue weighted by molar-refractivity contribution is -0.120. The first-order chi connectivity index (χ1) is 8.54. The molecule has 0 saturated heterocycles. The van der Waals surface area contributed by atoms with E-state index in [2.05, 4.69) is 10.6 Å². The van der Waals surface area contributed by atoms with Crippen molar-refractivity contribution in [3.05, 3.63) is 35.1 Å². The van der Waals surface area contributed by atoms with Gasteiger partial charge < -0.3 is 16.4 Å². The van der Waals surface area contributed by atoms with E-state index in [0.29, 0.717) is 18.5 Å². The minimum absolute atomic E-state index is 0.0890. The van der Waals surface area contributed by atoms with Gasteiger partial charge in [0, 0.05) is 37.7 Å². The molecule has 0 aromatic heterocycles. The summed E-state index contributed by atoms with van der Waals surface area (Å²) < 4.78 is 13.4. The number of nitrogens with one attached hydrogen (secondary N) is 2. The van der Waals surface area contributed by atoms with Crippen LogP contribution in [-0.2, 0) is 11.3 Å². The molecule has 0 aliphatic carbocycles. The molecule has 1 aromatic carbocycles. The Balaban J connectivity index is 2.53. The first-order valence-electron chi connectivity index (χ1n) is 5.54. The Bertz CT molecular complexity index is 449. The largest absolute Gasteiger partial charge is 0.366 e. The molecule has 2 amide bonds. The van der Waals surface area contributed by atoms with Crippen LogP contribution in [-0.4, -0.2) is 25.4 Å². The van der Waals surface area contributed by atoms with Crippen LogP contribution in [0.15, 0.2) is 18.2 Å². The molecule has 6 heteroatoms. The van der Waals surface area contributed by atoms with Gasteiger partial charge in [0.05, 0.1) is 0 Å². The van der Waals surface area contributed by atoms with E-state index in [-0.39, 0.29) is 18.0 Å². The highest BCUT2D eigenvalue weighted by Gasteiger charge is 2.07. The lowest BCUT2D eigenvalue weighted by Crippen LogP contribution is -2.24. The molecule has 0 heterocycles. The third-order valence-corrected chi connectivity index (χ3v) is 2.45. The number of amides is 2. The average molecular weight is 253 g/mol. The highest BCUT2D eigenvalue weighted by atomic mass is 19.1. The number of halogens is 1. The molecule has 0 radical (unpaired) electrons. The smallest absolute Gasteiger partial charge is 0.248 e. The van der Waals surface area contributed by atoms with Crippen LogP contribution in [0.5, 0.6) is 0 Å². The molecular weight excluding hydrogens is 237 g/mol. The van der Waals surface area contributed by atoms with E-state index in [4.69, 9.17) is 5.73 Å². The molecule has 0 saturated carbocycles. The average Bonchev–Trinajstić information content (AvgIpc) is 2.35.